The van der Waals surface area contributed by atoms with Crippen molar-refractivity contribution in [2.45, 2.75) is 19.8 Å². The fraction of sp³-hybridized carbons (Fsp3) is 0.583. The zero-order valence-electron chi connectivity index (χ0n) is 10.1. The topological polar surface area (TPSA) is 71.7 Å². The van der Waals surface area contributed by atoms with Crippen LogP contribution in [0.2, 0.25) is 0 Å². The fourth-order valence-electron chi connectivity index (χ4n) is 1.32. The van der Waals surface area contributed by atoms with Crippen molar-refractivity contribution in [3.63, 3.8) is 0 Å². The Labute approximate surface area is 101 Å². The number of aliphatic hydroxyl groups excluding tert-OH is 1. The van der Waals surface area contributed by atoms with Gasteiger partial charge in [-0.3, -0.25) is 4.79 Å². The molecule has 0 saturated carbocycles. The van der Waals surface area contributed by atoms with Crippen molar-refractivity contribution in [3.05, 3.63) is 23.7 Å². The average molecular weight is 241 g/mol. The molecule has 2 N–H and O–H groups in total. The van der Waals surface area contributed by atoms with E-state index in [9.17, 15) is 4.79 Å². The van der Waals surface area contributed by atoms with Gasteiger partial charge in [-0.2, -0.15) is 0 Å². The molecule has 0 spiro atoms. The van der Waals surface area contributed by atoms with Gasteiger partial charge in [0.1, 0.15) is 5.76 Å². The molecular formula is C12H19NO4. The number of nitrogens with one attached hydrogen (secondary N) is 1. The molecule has 5 nitrogen and oxygen atoms in total. The van der Waals surface area contributed by atoms with Gasteiger partial charge in [0.2, 0.25) is 0 Å². The van der Waals surface area contributed by atoms with Crippen molar-refractivity contribution in [3.8, 4) is 0 Å². The third-order valence-corrected chi connectivity index (χ3v) is 2.22. The summed E-state index contributed by atoms with van der Waals surface area (Å²) in [5.41, 5.74) is 0. The maximum atomic E-state index is 11.6. The van der Waals surface area contributed by atoms with Crippen LogP contribution in [0.1, 0.15) is 29.7 Å². The molecule has 0 aromatic carbocycles. The number of carbonyl (C=O) groups excluding carboxylic acids is 1. The predicted molar refractivity (Wildman–Crippen MR) is 62.9 cm³/mol. The van der Waals surface area contributed by atoms with E-state index in [0.29, 0.717) is 31.9 Å². The van der Waals surface area contributed by atoms with Gasteiger partial charge < -0.3 is 19.6 Å². The van der Waals surface area contributed by atoms with Gasteiger partial charge in [-0.1, -0.05) is 6.92 Å². The summed E-state index contributed by atoms with van der Waals surface area (Å²) in [6.07, 6.45) is 1.50. The van der Waals surface area contributed by atoms with Crippen molar-refractivity contribution < 1.29 is 19.1 Å². The molecule has 17 heavy (non-hydrogen) atoms. The highest BCUT2D eigenvalue weighted by atomic mass is 16.5. The van der Waals surface area contributed by atoms with Crippen molar-refractivity contribution >= 4 is 5.91 Å². The van der Waals surface area contributed by atoms with Crippen molar-refractivity contribution in [2.24, 2.45) is 0 Å². The highest BCUT2D eigenvalue weighted by Gasteiger charge is 2.09. The fourth-order valence-corrected chi connectivity index (χ4v) is 1.32. The summed E-state index contributed by atoms with van der Waals surface area (Å²) in [7, 11) is 0. The van der Waals surface area contributed by atoms with Gasteiger partial charge in [0, 0.05) is 19.6 Å². The molecule has 0 unspecified atom stereocenters. The van der Waals surface area contributed by atoms with Gasteiger partial charge >= 0.3 is 0 Å². The molecule has 0 radical (unpaired) electrons. The van der Waals surface area contributed by atoms with E-state index in [1.54, 1.807) is 12.1 Å². The second-order valence-corrected chi connectivity index (χ2v) is 3.56. The van der Waals surface area contributed by atoms with E-state index in [1.165, 1.54) is 0 Å². The van der Waals surface area contributed by atoms with Gasteiger partial charge in [0.15, 0.2) is 5.76 Å². The van der Waals surface area contributed by atoms with Gasteiger partial charge in [-0.25, -0.2) is 0 Å². The number of furan rings is 1. The Morgan fingerprint density at radius 2 is 2.29 bits per heavy atom. The number of hydrogen-bond donors (Lipinski definition) is 2. The second-order valence-electron chi connectivity index (χ2n) is 3.56. The number of aliphatic hydroxyl groups is 1. The summed E-state index contributed by atoms with van der Waals surface area (Å²) in [4.78, 5) is 11.6. The van der Waals surface area contributed by atoms with E-state index in [-0.39, 0.29) is 12.5 Å². The monoisotopic (exact) mass is 241 g/mol. The molecule has 1 amide bonds. The van der Waals surface area contributed by atoms with Crippen LogP contribution in [0.15, 0.2) is 16.5 Å². The normalized spacial score (nSPS) is 10.5. The van der Waals surface area contributed by atoms with Gasteiger partial charge in [0.25, 0.3) is 5.91 Å². The molecule has 1 heterocycles. The highest BCUT2D eigenvalue weighted by Crippen LogP contribution is 2.07. The first-order chi connectivity index (χ1) is 8.27. The zero-order chi connectivity index (χ0) is 12.5. The van der Waals surface area contributed by atoms with Gasteiger partial charge in [-0.05, 0) is 18.6 Å². The van der Waals surface area contributed by atoms with Crippen molar-refractivity contribution in [1.82, 2.24) is 5.32 Å². The molecule has 1 rings (SSSR count). The largest absolute Gasteiger partial charge is 0.456 e. The Balaban J connectivity index is 2.16. The van der Waals surface area contributed by atoms with Crippen molar-refractivity contribution in [2.75, 3.05) is 26.4 Å². The predicted octanol–water partition coefficient (Wildman–Crippen LogP) is 0.971. The minimum Gasteiger partial charge on any atom is -0.456 e. The molecule has 1 aromatic heterocycles. The molecule has 1 aromatic rings. The molecule has 0 aliphatic carbocycles. The molecule has 0 fully saturated rings. The van der Waals surface area contributed by atoms with Crippen LogP contribution in [-0.4, -0.2) is 37.4 Å². The Morgan fingerprint density at radius 1 is 1.47 bits per heavy atom. The maximum absolute atomic E-state index is 11.6. The third-order valence-electron chi connectivity index (χ3n) is 2.22. The first kappa shape index (κ1) is 13.7. The van der Waals surface area contributed by atoms with E-state index in [0.717, 1.165) is 12.2 Å². The summed E-state index contributed by atoms with van der Waals surface area (Å²) in [5, 5.41) is 11.2. The Hall–Kier alpha value is -1.33. The summed E-state index contributed by atoms with van der Waals surface area (Å²) >= 11 is 0. The number of aryl methyl sites for hydroxylation is 1. The molecule has 0 aliphatic heterocycles. The quantitative estimate of drug-likeness (QED) is 0.665. The lowest BCUT2D eigenvalue weighted by Crippen LogP contribution is -2.24. The number of amides is 1. The molecule has 5 heteroatoms. The van der Waals surface area contributed by atoms with Gasteiger partial charge in [-0.15, -0.1) is 0 Å². The van der Waals surface area contributed by atoms with E-state index in [4.69, 9.17) is 14.3 Å². The molecule has 0 aliphatic rings. The van der Waals surface area contributed by atoms with E-state index >= 15 is 0 Å². The number of rotatable bonds is 8. The van der Waals surface area contributed by atoms with E-state index in [1.807, 2.05) is 6.92 Å². The summed E-state index contributed by atoms with van der Waals surface area (Å²) in [6, 6.07) is 3.48. The van der Waals surface area contributed by atoms with E-state index < -0.39 is 0 Å². The third kappa shape index (κ3) is 5.01. The van der Waals surface area contributed by atoms with Crippen LogP contribution >= 0.6 is 0 Å². The lowest BCUT2D eigenvalue weighted by molar-refractivity contribution is 0.0855. The molecule has 0 saturated heterocycles. The minimum atomic E-state index is -0.202. The van der Waals surface area contributed by atoms with E-state index in [2.05, 4.69) is 5.32 Å². The smallest absolute Gasteiger partial charge is 0.286 e. The van der Waals surface area contributed by atoms with Crippen LogP contribution < -0.4 is 5.32 Å². The van der Waals surface area contributed by atoms with Crippen LogP contribution in [0.4, 0.5) is 0 Å². The first-order valence-corrected chi connectivity index (χ1v) is 5.83. The molecule has 0 atom stereocenters. The Bertz CT molecular complexity index is 335. The first-order valence-electron chi connectivity index (χ1n) is 5.83. The summed E-state index contributed by atoms with van der Waals surface area (Å²) in [5.74, 6) is 0.950. The average Bonchev–Trinajstić information content (AvgIpc) is 2.82. The number of ether oxygens (including phenoxy) is 1. The Kier molecular flexibility index (Phi) is 6.35. The standard InChI is InChI=1S/C12H19NO4/c1-2-10-4-5-11(17-10)12(15)13-6-3-8-16-9-7-14/h4-5,14H,2-3,6-9H2,1H3,(H,13,15). The summed E-state index contributed by atoms with van der Waals surface area (Å²) in [6.45, 7) is 3.40. The van der Waals surface area contributed by atoms with Crippen LogP contribution in [0.3, 0.4) is 0 Å². The SMILES string of the molecule is CCc1ccc(C(=O)NCCCOCCO)o1. The van der Waals surface area contributed by atoms with Crippen molar-refractivity contribution in [1.29, 1.82) is 0 Å². The highest BCUT2D eigenvalue weighted by molar-refractivity contribution is 5.91. The lowest BCUT2D eigenvalue weighted by Gasteiger charge is -2.03. The number of hydrogen-bond acceptors (Lipinski definition) is 4. The summed E-state index contributed by atoms with van der Waals surface area (Å²) < 4.78 is 10.4. The minimum absolute atomic E-state index is 0.0263. The van der Waals surface area contributed by atoms with Crippen LogP contribution in [0.5, 0.6) is 0 Å². The zero-order valence-corrected chi connectivity index (χ0v) is 10.1. The second kappa shape index (κ2) is 7.86. The van der Waals surface area contributed by atoms with Crippen LogP contribution in [0, 0.1) is 0 Å². The molecule has 96 valence electrons. The maximum Gasteiger partial charge on any atom is 0.286 e. The number of carbonyl (C=O) groups is 1. The Morgan fingerprint density at radius 3 is 2.94 bits per heavy atom. The van der Waals surface area contributed by atoms with Crippen LogP contribution in [0.25, 0.3) is 0 Å². The lowest BCUT2D eigenvalue weighted by atomic mass is 10.3. The molecule has 0 bridgehead atoms. The van der Waals surface area contributed by atoms with Gasteiger partial charge in [0.05, 0.1) is 13.2 Å². The molecular weight excluding hydrogens is 222 g/mol. The van der Waals surface area contributed by atoms with Crippen LogP contribution in [-0.2, 0) is 11.2 Å².